The second-order valence-corrected chi connectivity index (χ2v) is 7.00. The third kappa shape index (κ3) is 4.17. The monoisotopic (exact) mass is 340 g/mol. The lowest BCUT2D eigenvalue weighted by molar-refractivity contribution is -0.139. The first kappa shape index (κ1) is 17.4. The minimum absolute atomic E-state index is 0.0277. The van der Waals surface area contributed by atoms with Gasteiger partial charge in [-0.15, -0.1) is 0 Å². The van der Waals surface area contributed by atoms with Crippen LogP contribution in [0.1, 0.15) is 18.9 Å². The summed E-state index contributed by atoms with van der Waals surface area (Å²) in [6.45, 7) is 2.91. The minimum Gasteiger partial charge on any atom is -0.390 e. The molecule has 2 atom stereocenters. The normalized spacial score (nSPS) is 23.4. The molecule has 1 saturated heterocycles. The van der Waals surface area contributed by atoms with Crippen molar-refractivity contribution in [2.24, 2.45) is 5.92 Å². The molecular formula is C20H24N2O3. The van der Waals surface area contributed by atoms with E-state index in [0.717, 1.165) is 12.0 Å². The lowest BCUT2D eigenvalue weighted by Gasteiger charge is -2.43. The maximum absolute atomic E-state index is 12.6. The molecule has 1 fully saturated rings. The second kappa shape index (κ2) is 7.23. The highest BCUT2D eigenvalue weighted by molar-refractivity contribution is 5.76. The maximum Gasteiger partial charge on any atom is 0.250 e. The molecule has 1 aliphatic rings. The maximum atomic E-state index is 12.6. The Kier molecular flexibility index (Phi) is 5.04. The van der Waals surface area contributed by atoms with Crippen LogP contribution in [-0.2, 0) is 17.8 Å². The zero-order valence-electron chi connectivity index (χ0n) is 14.5. The highest BCUT2D eigenvalue weighted by Crippen LogP contribution is 2.30. The van der Waals surface area contributed by atoms with Crippen LogP contribution in [0.3, 0.4) is 0 Å². The SMILES string of the molecule is C[C@@]1(O)CCN(C(=O)Cn2ccccc2=O)C[C@@H]1Cc1ccccc1. The lowest BCUT2D eigenvalue weighted by Crippen LogP contribution is -2.53. The summed E-state index contributed by atoms with van der Waals surface area (Å²) in [4.78, 5) is 26.2. The van der Waals surface area contributed by atoms with Crippen LogP contribution in [0.25, 0.3) is 0 Å². The number of pyridine rings is 1. The molecule has 2 heterocycles. The first-order chi connectivity index (χ1) is 12.0. The molecule has 1 aliphatic heterocycles. The number of piperidine rings is 1. The van der Waals surface area contributed by atoms with Gasteiger partial charge in [0.05, 0.1) is 5.60 Å². The van der Waals surface area contributed by atoms with E-state index in [9.17, 15) is 14.7 Å². The summed E-state index contributed by atoms with van der Waals surface area (Å²) in [6, 6.07) is 14.9. The topological polar surface area (TPSA) is 62.5 Å². The van der Waals surface area contributed by atoms with Crippen LogP contribution < -0.4 is 5.56 Å². The van der Waals surface area contributed by atoms with Crippen LogP contribution in [0.4, 0.5) is 0 Å². The predicted octanol–water partition coefficient (Wildman–Crippen LogP) is 1.69. The lowest BCUT2D eigenvalue weighted by atomic mass is 9.79. The molecule has 0 bridgehead atoms. The first-order valence-corrected chi connectivity index (χ1v) is 8.65. The zero-order valence-corrected chi connectivity index (χ0v) is 14.5. The predicted molar refractivity (Wildman–Crippen MR) is 96.2 cm³/mol. The van der Waals surface area contributed by atoms with Crippen LogP contribution in [-0.4, -0.2) is 39.2 Å². The van der Waals surface area contributed by atoms with Gasteiger partial charge in [-0.05, 0) is 31.4 Å². The summed E-state index contributed by atoms with van der Waals surface area (Å²) >= 11 is 0. The van der Waals surface area contributed by atoms with Crippen molar-refractivity contribution < 1.29 is 9.90 Å². The van der Waals surface area contributed by atoms with Crippen molar-refractivity contribution >= 4 is 5.91 Å². The minimum atomic E-state index is -0.795. The van der Waals surface area contributed by atoms with Crippen molar-refractivity contribution in [3.63, 3.8) is 0 Å². The number of hydrogen-bond donors (Lipinski definition) is 1. The van der Waals surface area contributed by atoms with Crippen molar-refractivity contribution in [1.82, 2.24) is 9.47 Å². The summed E-state index contributed by atoms with van der Waals surface area (Å²) in [5, 5.41) is 10.7. The average molecular weight is 340 g/mol. The molecule has 3 rings (SSSR count). The fraction of sp³-hybridized carbons (Fsp3) is 0.400. The zero-order chi connectivity index (χ0) is 17.9. The van der Waals surface area contributed by atoms with E-state index in [1.54, 1.807) is 23.2 Å². The highest BCUT2D eigenvalue weighted by atomic mass is 16.3. The Morgan fingerprint density at radius 3 is 2.64 bits per heavy atom. The number of amides is 1. The van der Waals surface area contributed by atoms with Gasteiger partial charge in [-0.25, -0.2) is 0 Å². The highest BCUT2D eigenvalue weighted by Gasteiger charge is 2.38. The molecule has 5 heteroatoms. The van der Waals surface area contributed by atoms with Gasteiger partial charge in [0.25, 0.3) is 5.56 Å². The quantitative estimate of drug-likeness (QED) is 0.921. The Bertz CT molecular complexity index is 783. The fourth-order valence-electron chi connectivity index (χ4n) is 3.37. The first-order valence-electron chi connectivity index (χ1n) is 8.65. The number of aromatic nitrogens is 1. The molecule has 2 aromatic rings. The number of carbonyl (C=O) groups is 1. The number of hydrogen-bond acceptors (Lipinski definition) is 3. The third-order valence-electron chi connectivity index (χ3n) is 5.09. The number of benzene rings is 1. The van der Waals surface area contributed by atoms with Crippen LogP contribution in [0.5, 0.6) is 0 Å². The third-order valence-corrected chi connectivity index (χ3v) is 5.09. The second-order valence-electron chi connectivity index (χ2n) is 7.00. The van der Waals surface area contributed by atoms with Crippen LogP contribution in [0, 0.1) is 5.92 Å². The van der Waals surface area contributed by atoms with E-state index in [0.29, 0.717) is 19.5 Å². The van der Waals surface area contributed by atoms with Gasteiger partial charge in [-0.2, -0.15) is 0 Å². The molecule has 0 aliphatic carbocycles. The van der Waals surface area contributed by atoms with Crippen molar-refractivity contribution in [2.45, 2.75) is 31.9 Å². The summed E-state index contributed by atoms with van der Waals surface area (Å²) in [5.41, 5.74) is 0.179. The van der Waals surface area contributed by atoms with E-state index in [1.807, 2.05) is 37.3 Å². The summed E-state index contributed by atoms with van der Waals surface area (Å²) in [7, 11) is 0. The number of likely N-dealkylation sites (tertiary alicyclic amines) is 1. The molecule has 1 aromatic carbocycles. The van der Waals surface area contributed by atoms with Crippen molar-refractivity contribution in [3.05, 3.63) is 70.6 Å². The molecule has 1 N–H and O–H groups in total. The van der Waals surface area contributed by atoms with E-state index in [-0.39, 0.29) is 23.9 Å². The van der Waals surface area contributed by atoms with Gasteiger partial charge < -0.3 is 14.6 Å². The molecule has 5 nitrogen and oxygen atoms in total. The van der Waals surface area contributed by atoms with Gasteiger partial charge in [0.1, 0.15) is 6.54 Å². The van der Waals surface area contributed by atoms with E-state index in [1.165, 1.54) is 10.6 Å². The van der Waals surface area contributed by atoms with Gasteiger partial charge in [-0.1, -0.05) is 36.4 Å². The van der Waals surface area contributed by atoms with Crippen molar-refractivity contribution in [2.75, 3.05) is 13.1 Å². The number of rotatable bonds is 4. The molecule has 1 amide bonds. The van der Waals surface area contributed by atoms with E-state index < -0.39 is 5.60 Å². The molecule has 0 spiro atoms. The van der Waals surface area contributed by atoms with Gasteiger partial charge >= 0.3 is 0 Å². The number of nitrogens with zero attached hydrogens (tertiary/aromatic N) is 2. The van der Waals surface area contributed by atoms with Crippen LogP contribution >= 0.6 is 0 Å². The fourth-order valence-corrected chi connectivity index (χ4v) is 3.37. The molecular weight excluding hydrogens is 316 g/mol. The van der Waals surface area contributed by atoms with E-state index in [4.69, 9.17) is 0 Å². The molecule has 25 heavy (non-hydrogen) atoms. The number of carbonyl (C=O) groups excluding carboxylic acids is 1. The number of aliphatic hydroxyl groups is 1. The van der Waals surface area contributed by atoms with E-state index in [2.05, 4.69) is 0 Å². The van der Waals surface area contributed by atoms with Gasteiger partial charge in [0.2, 0.25) is 5.91 Å². The van der Waals surface area contributed by atoms with E-state index >= 15 is 0 Å². The Balaban J connectivity index is 1.70. The summed E-state index contributed by atoms with van der Waals surface area (Å²) in [6.07, 6.45) is 2.89. The Morgan fingerprint density at radius 1 is 1.20 bits per heavy atom. The standard InChI is InChI=1S/C20H24N2O3/c1-20(25)10-12-22(14-17(20)13-16-7-3-2-4-8-16)19(24)15-21-11-6-5-9-18(21)23/h2-9,11,17,25H,10,12-15H2,1H3/t17-,20+/m0/s1. The van der Waals surface area contributed by atoms with Gasteiger partial charge in [0, 0.05) is 31.3 Å². The molecule has 1 aromatic heterocycles. The Hall–Kier alpha value is -2.40. The molecule has 0 unspecified atom stereocenters. The Labute approximate surface area is 147 Å². The van der Waals surface area contributed by atoms with Crippen LogP contribution in [0.2, 0.25) is 0 Å². The largest absolute Gasteiger partial charge is 0.390 e. The summed E-state index contributed by atoms with van der Waals surface area (Å²) < 4.78 is 1.42. The van der Waals surface area contributed by atoms with Crippen molar-refractivity contribution in [3.8, 4) is 0 Å². The van der Waals surface area contributed by atoms with Gasteiger partial charge in [0.15, 0.2) is 0 Å². The van der Waals surface area contributed by atoms with Gasteiger partial charge in [-0.3, -0.25) is 9.59 Å². The Morgan fingerprint density at radius 2 is 1.92 bits per heavy atom. The smallest absolute Gasteiger partial charge is 0.250 e. The molecule has 0 saturated carbocycles. The van der Waals surface area contributed by atoms with Crippen molar-refractivity contribution in [1.29, 1.82) is 0 Å². The summed E-state index contributed by atoms with van der Waals surface area (Å²) in [5.74, 6) is -0.109. The average Bonchev–Trinajstić information content (AvgIpc) is 2.59. The molecule has 132 valence electrons. The van der Waals surface area contributed by atoms with Crippen LogP contribution in [0.15, 0.2) is 59.5 Å². The molecule has 0 radical (unpaired) electrons.